The maximum atomic E-state index is 13.2. The number of aryl methyl sites for hydroxylation is 1. The number of hydrogen-bond donors (Lipinski definition) is 1. The van der Waals surface area contributed by atoms with Crippen LogP contribution >= 0.6 is 11.3 Å². The second-order valence-electron chi connectivity index (χ2n) is 7.98. The van der Waals surface area contributed by atoms with Gasteiger partial charge < -0.3 is 5.73 Å². The van der Waals surface area contributed by atoms with Crippen molar-refractivity contribution in [2.45, 2.75) is 32.4 Å². The lowest BCUT2D eigenvalue weighted by molar-refractivity contribution is 0.0920. The molecule has 3 heterocycles. The molecule has 1 unspecified atom stereocenters. The number of nitrogens with two attached hydrogens (primary N) is 1. The van der Waals surface area contributed by atoms with Gasteiger partial charge in [0.2, 0.25) is 0 Å². The van der Waals surface area contributed by atoms with Gasteiger partial charge in [-0.3, -0.25) is 23.6 Å². The first-order chi connectivity index (χ1) is 14.9. The molecule has 7 nitrogen and oxygen atoms in total. The topological polar surface area (TPSA) is 90.3 Å². The van der Waals surface area contributed by atoms with Crippen molar-refractivity contribution in [3.8, 4) is 0 Å². The van der Waals surface area contributed by atoms with Crippen molar-refractivity contribution < 1.29 is 4.79 Å². The lowest BCUT2D eigenvalue weighted by Gasteiger charge is -2.23. The number of Topliss-reactive ketones (excluding diaryl/α,β-unsaturated/α-hetero) is 1. The number of nitrogen functional groups attached to an aromatic ring is 1. The normalized spacial score (nSPS) is 16.6. The van der Waals surface area contributed by atoms with Crippen molar-refractivity contribution in [3.05, 3.63) is 84.2 Å². The first-order valence-electron chi connectivity index (χ1n) is 10.3. The molecule has 1 aliphatic heterocycles. The van der Waals surface area contributed by atoms with E-state index in [2.05, 4.69) is 24.0 Å². The number of nitrogens with zero attached hydrogens (tertiary/aromatic N) is 3. The number of thiophene rings is 1. The lowest BCUT2D eigenvalue weighted by Crippen LogP contribution is -2.44. The third-order valence-electron chi connectivity index (χ3n) is 5.85. The SMILES string of the molecule is Cc1ccc(C2CCCN2CC(=O)c2c(N)n(Cc3ccccc3)c(=O)n(C)c2=O)s1. The van der Waals surface area contributed by atoms with Crippen molar-refractivity contribution in [2.24, 2.45) is 7.05 Å². The van der Waals surface area contributed by atoms with Crippen LogP contribution in [0.15, 0.2) is 52.1 Å². The van der Waals surface area contributed by atoms with E-state index < -0.39 is 11.2 Å². The molecule has 1 aromatic carbocycles. The second kappa shape index (κ2) is 8.64. The zero-order valence-electron chi connectivity index (χ0n) is 17.7. The van der Waals surface area contributed by atoms with E-state index in [4.69, 9.17) is 5.73 Å². The van der Waals surface area contributed by atoms with Gasteiger partial charge in [0, 0.05) is 22.8 Å². The molecule has 2 aromatic heterocycles. The number of aromatic nitrogens is 2. The molecule has 1 fully saturated rings. The highest BCUT2D eigenvalue weighted by atomic mass is 32.1. The maximum absolute atomic E-state index is 13.2. The predicted molar refractivity (Wildman–Crippen MR) is 123 cm³/mol. The molecule has 2 N–H and O–H groups in total. The molecular formula is C23H26N4O3S. The van der Waals surface area contributed by atoms with Crippen LogP contribution in [0.5, 0.6) is 0 Å². The minimum absolute atomic E-state index is 0.0651. The fourth-order valence-electron chi connectivity index (χ4n) is 4.20. The summed E-state index contributed by atoms with van der Waals surface area (Å²) in [5.41, 5.74) is 5.82. The minimum Gasteiger partial charge on any atom is -0.384 e. The number of hydrogen-bond acceptors (Lipinski definition) is 6. The Morgan fingerprint density at radius 1 is 1.16 bits per heavy atom. The smallest absolute Gasteiger partial charge is 0.332 e. The van der Waals surface area contributed by atoms with Crippen LogP contribution in [0.3, 0.4) is 0 Å². The summed E-state index contributed by atoms with van der Waals surface area (Å²) < 4.78 is 2.27. The van der Waals surface area contributed by atoms with Crippen LogP contribution in [-0.4, -0.2) is 32.9 Å². The lowest BCUT2D eigenvalue weighted by atomic mass is 10.1. The summed E-state index contributed by atoms with van der Waals surface area (Å²) in [6.45, 7) is 3.15. The molecule has 1 saturated heterocycles. The van der Waals surface area contributed by atoms with Crippen molar-refractivity contribution in [3.63, 3.8) is 0 Å². The summed E-state index contributed by atoms with van der Waals surface area (Å²) in [6, 6.07) is 13.7. The molecule has 1 aliphatic rings. The summed E-state index contributed by atoms with van der Waals surface area (Å²) in [5, 5.41) is 0. The van der Waals surface area contributed by atoms with Gasteiger partial charge in [0.05, 0.1) is 13.1 Å². The third-order valence-corrected chi connectivity index (χ3v) is 6.95. The van der Waals surface area contributed by atoms with E-state index in [1.54, 1.807) is 11.3 Å². The van der Waals surface area contributed by atoms with E-state index in [-0.39, 0.29) is 36.3 Å². The summed E-state index contributed by atoms with van der Waals surface area (Å²) in [7, 11) is 1.38. The molecule has 0 radical (unpaired) electrons. The van der Waals surface area contributed by atoms with Crippen LogP contribution in [0.4, 0.5) is 5.82 Å². The summed E-state index contributed by atoms with van der Waals surface area (Å²) in [4.78, 5) is 43.3. The van der Waals surface area contributed by atoms with Gasteiger partial charge in [-0.05, 0) is 44.0 Å². The van der Waals surface area contributed by atoms with Crippen LogP contribution < -0.4 is 17.0 Å². The van der Waals surface area contributed by atoms with Crippen LogP contribution in [0.25, 0.3) is 0 Å². The van der Waals surface area contributed by atoms with Gasteiger partial charge in [0.15, 0.2) is 5.78 Å². The van der Waals surface area contributed by atoms with Gasteiger partial charge in [-0.1, -0.05) is 30.3 Å². The Hall–Kier alpha value is -2.97. The average Bonchev–Trinajstić information content (AvgIpc) is 3.39. The van der Waals surface area contributed by atoms with Crippen LogP contribution in [-0.2, 0) is 13.6 Å². The molecule has 1 atom stereocenters. The van der Waals surface area contributed by atoms with Crippen molar-refractivity contribution in [2.75, 3.05) is 18.8 Å². The van der Waals surface area contributed by atoms with E-state index in [1.165, 1.54) is 21.4 Å². The van der Waals surface area contributed by atoms with Gasteiger partial charge in [-0.2, -0.15) is 0 Å². The second-order valence-corrected chi connectivity index (χ2v) is 9.30. The van der Waals surface area contributed by atoms with Crippen LogP contribution in [0.2, 0.25) is 0 Å². The Labute approximate surface area is 184 Å². The molecule has 3 aromatic rings. The van der Waals surface area contributed by atoms with Crippen molar-refractivity contribution in [1.29, 1.82) is 0 Å². The van der Waals surface area contributed by atoms with E-state index in [1.807, 2.05) is 30.3 Å². The molecule has 4 rings (SSSR count). The first kappa shape index (κ1) is 21.3. The average molecular weight is 439 g/mol. The Morgan fingerprint density at radius 3 is 2.58 bits per heavy atom. The highest BCUT2D eigenvalue weighted by Gasteiger charge is 2.31. The summed E-state index contributed by atoms with van der Waals surface area (Å²) in [6.07, 6.45) is 1.98. The highest BCUT2D eigenvalue weighted by molar-refractivity contribution is 7.12. The zero-order chi connectivity index (χ0) is 22.1. The van der Waals surface area contributed by atoms with Crippen LogP contribution in [0.1, 0.15) is 44.6 Å². The molecule has 0 bridgehead atoms. The number of likely N-dealkylation sites (tertiary alicyclic amines) is 1. The number of carbonyl (C=O) groups excluding carboxylic acids is 1. The number of carbonyl (C=O) groups is 1. The number of anilines is 1. The Kier molecular flexibility index (Phi) is 5.93. The van der Waals surface area contributed by atoms with Gasteiger partial charge in [0.1, 0.15) is 11.4 Å². The fraction of sp³-hybridized carbons (Fsp3) is 0.348. The number of ketones is 1. The minimum atomic E-state index is -0.639. The molecule has 8 heteroatoms. The van der Waals surface area contributed by atoms with Crippen molar-refractivity contribution in [1.82, 2.24) is 14.0 Å². The third kappa shape index (κ3) is 4.13. The molecule has 0 saturated carbocycles. The molecule has 31 heavy (non-hydrogen) atoms. The fourth-order valence-corrected chi connectivity index (χ4v) is 5.24. The molecular weight excluding hydrogens is 412 g/mol. The first-order valence-corrected chi connectivity index (χ1v) is 11.1. The van der Waals surface area contributed by atoms with Crippen molar-refractivity contribution >= 4 is 22.9 Å². The Bertz CT molecular complexity index is 1230. The van der Waals surface area contributed by atoms with Gasteiger partial charge >= 0.3 is 5.69 Å². The summed E-state index contributed by atoms with van der Waals surface area (Å²) in [5.74, 6) is -0.412. The zero-order valence-corrected chi connectivity index (χ0v) is 18.5. The monoisotopic (exact) mass is 438 g/mol. The maximum Gasteiger partial charge on any atom is 0.332 e. The van der Waals surface area contributed by atoms with E-state index in [0.29, 0.717) is 0 Å². The van der Waals surface area contributed by atoms with E-state index in [9.17, 15) is 14.4 Å². The van der Waals surface area contributed by atoms with E-state index >= 15 is 0 Å². The molecule has 0 spiro atoms. The largest absolute Gasteiger partial charge is 0.384 e. The molecule has 0 aliphatic carbocycles. The Morgan fingerprint density at radius 2 is 1.90 bits per heavy atom. The highest BCUT2D eigenvalue weighted by Crippen LogP contribution is 2.35. The van der Waals surface area contributed by atoms with Gasteiger partial charge in [0.25, 0.3) is 5.56 Å². The number of benzene rings is 1. The predicted octanol–water partition coefficient (Wildman–Crippen LogP) is 2.57. The molecule has 162 valence electrons. The summed E-state index contributed by atoms with van der Waals surface area (Å²) >= 11 is 1.74. The quantitative estimate of drug-likeness (QED) is 0.598. The number of rotatable bonds is 6. The Balaban J connectivity index is 1.66. The van der Waals surface area contributed by atoms with E-state index in [0.717, 1.165) is 29.5 Å². The standard InChI is InChI=1S/C23H26N4O3S/c1-15-10-11-19(31-15)17-9-6-12-26(17)14-18(28)20-21(24)27(23(30)25(2)22(20)29)13-16-7-4-3-5-8-16/h3-5,7-8,10-11,17H,6,9,12-14,24H2,1-2H3. The molecule has 0 amide bonds. The van der Waals surface area contributed by atoms with Crippen LogP contribution in [0, 0.1) is 6.92 Å². The van der Waals surface area contributed by atoms with Gasteiger partial charge in [-0.25, -0.2) is 4.79 Å². The van der Waals surface area contributed by atoms with Gasteiger partial charge in [-0.15, -0.1) is 11.3 Å².